The van der Waals surface area contributed by atoms with Crippen molar-refractivity contribution in [1.82, 2.24) is 4.98 Å². The van der Waals surface area contributed by atoms with Crippen molar-refractivity contribution in [2.45, 2.75) is 31.9 Å². The van der Waals surface area contributed by atoms with Crippen LogP contribution < -0.4 is 0 Å². The number of aromatic nitrogens is 1. The largest absolute Gasteiger partial charge is 0.465 e. The predicted octanol–water partition coefficient (Wildman–Crippen LogP) is 4.16. The molecular weight excluding hydrogens is 361 g/mol. The van der Waals surface area contributed by atoms with E-state index >= 15 is 0 Å². The Labute approximate surface area is 137 Å². The molecule has 4 nitrogen and oxygen atoms in total. The first-order valence-corrected chi connectivity index (χ1v) is 7.16. The Morgan fingerprint density at radius 1 is 1.29 bits per heavy atom. The second kappa shape index (κ2) is 6.62. The average Bonchev–Trinajstić information content (AvgIpc) is 3.27. The highest BCUT2D eigenvalue weighted by molar-refractivity contribution is 6.68. The number of carbonyl (C=O) groups is 2. The van der Waals surface area contributed by atoms with Crippen molar-refractivity contribution < 1.29 is 36.3 Å². The average molecular weight is 372 g/mol. The van der Waals surface area contributed by atoms with Crippen molar-refractivity contribution in [2.75, 3.05) is 7.11 Å². The van der Waals surface area contributed by atoms with Gasteiger partial charge in [0.25, 0.3) is 11.7 Å². The van der Waals surface area contributed by atoms with E-state index in [-0.39, 0.29) is 12.3 Å². The van der Waals surface area contributed by atoms with Crippen LogP contribution in [0.5, 0.6) is 0 Å². The van der Waals surface area contributed by atoms with Gasteiger partial charge in [0, 0.05) is 0 Å². The summed E-state index contributed by atoms with van der Waals surface area (Å²) in [6.07, 6.45) is -7.52. The maximum absolute atomic E-state index is 13.2. The zero-order valence-electron chi connectivity index (χ0n) is 12.2. The lowest BCUT2D eigenvalue weighted by Crippen LogP contribution is -2.23. The van der Waals surface area contributed by atoms with Crippen LogP contribution in [-0.4, -0.2) is 23.3 Å². The monoisotopic (exact) mass is 371 g/mol. The normalized spacial score (nSPS) is 14.8. The standard InChI is InChI=1S/C14H11ClF5NO3/c1-24-13(23)7-6(4-5-2-3-5)8(11(15)22)10(14(18,19)20)21-9(7)12(16)17/h5,12H,2-4H2,1H3. The summed E-state index contributed by atoms with van der Waals surface area (Å²) in [5.41, 5.74) is -5.56. The van der Waals surface area contributed by atoms with Gasteiger partial charge in [0.05, 0.1) is 18.2 Å². The van der Waals surface area contributed by atoms with E-state index in [9.17, 15) is 31.5 Å². The molecule has 24 heavy (non-hydrogen) atoms. The minimum atomic E-state index is -5.18. The van der Waals surface area contributed by atoms with Gasteiger partial charge < -0.3 is 4.74 Å². The van der Waals surface area contributed by atoms with Gasteiger partial charge >= 0.3 is 12.1 Å². The molecule has 0 spiro atoms. The molecular formula is C14H11ClF5NO3. The van der Waals surface area contributed by atoms with Crippen LogP contribution in [0.25, 0.3) is 0 Å². The Balaban J connectivity index is 2.87. The van der Waals surface area contributed by atoms with Crippen LogP contribution in [0.3, 0.4) is 0 Å². The third kappa shape index (κ3) is 3.66. The predicted molar refractivity (Wildman–Crippen MR) is 72.1 cm³/mol. The number of pyridine rings is 1. The second-order valence-electron chi connectivity index (χ2n) is 5.29. The number of methoxy groups -OCH3 is 1. The molecule has 0 unspecified atom stereocenters. The zero-order valence-corrected chi connectivity index (χ0v) is 13.0. The highest BCUT2D eigenvalue weighted by Crippen LogP contribution is 2.41. The van der Waals surface area contributed by atoms with Gasteiger partial charge in [-0.1, -0.05) is 0 Å². The minimum absolute atomic E-state index is 0.114. The molecule has 1 aliphatic carbocycles. The third-order valence-corrected chi connectivity index (χ3v) is 3.77. The van der Waals surface area contributed by atoms with Crippen molar-refractivity contribution in [3.05, 3.63) is 28.1 Å². The summed E-state index contributed by atoms with van der Waals surface area (Å²) in [5.74, 6) is -1.40. The van der Waals surface area contributed by atoms with E-state index in [2.05, 4.69) is 9.72 Å². The molecule has 0 saturated heterocycles. The van der Waals surface area contributed by atoms with Crippen molar-refractivity contribution in [3.8, 4) is 0 Å². The first-order valence-electron chi connectivity index (χ1n) is 6.78. The first kappa shape index (κ1) is 18.6. The smallest absolute Gasteiger partial charge is 0.434 e. The van der Waals surface area contributed by atoms with Gasteiger partial charge in [0.2, 0.25) is 0 Å². The Morgan fingerprint density at radius 3 is 2.25 bits per heavy atom. The number of nitrogens with zero attached hydrogens (tertiary/aromatic N) is 1. The summed E-state index contributed by atoms with van der Waals surface area (Å²) in [5, 5.41) is -1.52. The highest BCUT2D eigenvalue weighted by Gasteiger charge is 2.43. The molecule has 1 aliphatic rings. The van der Waals surface area contributed by atoms with Crippen LogP contribution in [0.4, 0.5) is 22.0 Å². The molecule has 0 aliphatic heterocycles. The fourth-order valence-electron chi connectivity index (χ4n) is 2.37. The van der Waals surface area contributed by atoms with Gasteiger partial charge in [-0.3, -0.25) is 4.79 Å². The Bertz CT molecular complexity index is 686. The topological polar surface area (TPSA) is 56.3 Å². The van der Waals surface area contributed by atoms with E-state index in [1.54, 1.807) is 0 Å². The van der Waals surface area contributed by atoms with E-state index in [1.165, 1.54) is 0 Å². The summed E-state index contributed by atoms with van der Waals surface area (Å²) in [6, 6.07) is 0. The fraction of sp³-hybridized carbons (Fsp3) is 0.500. The molecule has 0 radical (unpaired) electrons. The molecule has 1 saturated carbocycles. The lowest BCUT2D eigenvalue weighted by molar-refractivity contribution is -0.141. The number of alkyl halides is 5. The van der Waals surface area contributed by atoms with Gasteiger partial charge in [-0.05, 0) is 42.3 Å². The molecule has 0 bridgehead atoms. The van der Waals surface area contributed by atoms with E-state index in [0.717, 1.165) is 7.11 Å². The molecule has 0 N–H and O–H groups in total. The number of halogens is 6. The van der Waals surface area contributed by atoms with Crippen LogP contribution in [-0.2, 0) is 17.3 Å². The summed E-state index contributed by atoms with van der Waals surface area (Å²) in [7, 11) is 0.887. The number of hydrogen-bond donors (Lipinski definition) is 0. The molecule has 1 fully saturated rings. The summed E-state index contributed by atoms with van der Waals surface area (Å²) in [4.78, 5) is 26.3. The highest BCUT2D eigenvalue weighted by atomic mass is 35.5. The van der Waals surface area contributed by atoms with Crippen molar-refractivity contribution in [3.63, 3.8) is 0 Å². The van der Waals surface area contributed by atoms with E-state index in [1.807, 2.05) is 0 Å². The third-order valence-electron chi connectivity index (χ3n) is 3.58. The van der Waals surface area contributed by atoms with Crippen LogP contribution >= 0.6 is 11.6 Å². The summed E-state index contributed by atoms with van der Waals surface area (Å²) in [6.45, 7) is 0. The number of carbonyl (C=O) groups excluding carboxylic acids is 2. The summed E-state index contributed by atoms with van der Waals surface area (Å²) < 4.78 is 70.3. The minimum Gasteiger partial charge on any atom is -0.465 e. The molecule has 0 aromatic carbocycles. The molecule has 0 amide bonds. The molecule has 1 aromatic rings. The zero-order chi connectivity index (χ0) is 18.2. The number of ether oxygens (including phenoxy) is 1. The van der Waals surface area contributed by atoms with Gasteiger partial charge in [-0.2, -0.15) is 13.2 Å². The summed E-state index contributed by atoms with van der Waals surface area (Å²) >= 11 is 5.26. The molecule has 2 rings (SSSR count). The lowest BCUT2D eigenvalue weighted by atomic mass is 9.94. The lowest BCUT2D eigenvalue weighted by Gasteiger charge is -2.19. The number of esters is 1. The number of hydrogen-bond acceptors (Lipinski definition) is 4. The molecule has 0 atom stereocenters. The molecule has 10 heteroatoms. The second-order valence-corrected chi connectivity index (χ2v) is 5.63. The van der Waals surface area contributed by atoms with Gasteiger partial charge in [0.15, 0.2) is 5.69 Å². The van der Waals surface area contributed by atoms with Gasteiger partial charge in [0.1, 0.15) is 5.69 Å². The first-order chi connectivity index (χ1) is 11.1. The SMILES string of the molecule is COC(=O)c1c(C(F)F)nc(C(F)(F)F)c(C(=O)Cl)c1CC1CC1. The van der Waals surface area contributed by atoms with Crippen LogP contribution in [0.2, 0.25) is 0 Å². The van der Waals surface area contributed by atoms with E-state index < -0.39 is 51.9 Å². The molecule has 1 heterocycles. The van der Waals surface area contributed by atoms with Crippen LogP contribution in [0.15, 0.2) is 0 Å². The van der Waals surface area contributed by atoms with Gasteiger partial charge in [-0.25, -0.2) is 18.6 Å². The number of rotatable bonds is 5. The Morgan fingerprint density at radius 2 is 1.88 bits per heavy atom. The van der Waals surface area contributed by atoms with Crippen molar-refractivity contribution in [2.24, 2.45) is 5.92 Å². The quantitative estimate of drug-likeness (QED) is 0.443. The van der Waals surface area contributed by atoms with Crippen LogP contribution in [0, 0.1) is 5.92 Å². The molecule has 132 valence electrons. The maximum Gasteiger partial charge on any atom is 0.434 e. The Kier molecular flexibility index (Phi) is 5.12. The van der Waals surface area contributed by atoms with E-state index in [4.69, 9.17) is 11.6 Å². The van der Waals surface area contributed by atoms with Crippen LogP contribution in [0.1, 0.15) is 56.9 Å². The van der Waals surface area contributed by atoms with Crippen molar-refractivity contribution in [1.29, 1.82) is 0 Å². The van der Waals surface area contributed by atoms with E-state index in [0.29, 0.717) is 12.8 Å². The Hall–Kier alpha value is -1.77. The maximum atomic E-state index is 13.2. The van der Waals surface area contributed by atoms with Crippen molar-refractivity contribution >= 4 is 22.8 Å². The fourth-order valence-corrected chi connectivity index (χ4v) is 2.58. The molecule has 1 aromatic heterocycles. The van der Waals surface area contributed by atoms with Gasteiger partial charge in [-0.15, -0.1) is 0 Å².